The summed E-state index contributed by atoms with van der Waals surface area (Å²) in [5.74, 6) is 1.23. The molecule has 1 aromatic rings. The number of hydrogen-bond donors (Lipinski definition) is 2. The molecule has 1 aromatic carbocycles. The van der Waals surface area contributed by atoms with Crippen molar-refractivity contribution in [2.24, 2.45) is 11.8 Å². The van der Waals surface area contributed by atoms with E-state index in [0.29, 0.717) is 11.8 Å². The quantitative estimate of drug-likeness (QED) is 0.834. The minimum Gasteiger partial charge on any atom is -0.508 e. The summed E-state index contributed by atoms with van der Waals surface area (Å²) in [5.41, 5.74) is 0.198. The Morgan fingerprint density at radius 1 is 1.16 bits per heavy atom. The minimum absolute atomic E-state index is 0.260. The molecule has 0 aliphatic heterocycles. The van der Waals surface area contributed by atoms with Crippen molar-refractivity contribution < 1.29 is 10.2 Å². The third-order valence-corrected chi connectivity index (χ3v) is 4.93. The molecule has 1 aliphatic carbocycles. The Morgan fingerprint density at radius 3 is 2.21 bits per heavy atom. The molecule has 2 N–H and O–H groups in total. The third kappa shape index (κ3) is 2.79. The molecule has 19 heavy (non-hydrogen) atoms. The molecule has 106 valence electrons. The highest BCUT2D eigenvalue weighted by atomic mass is 16.3. The van der Waals surface area contributed by atoms with Gasteiger partial charge in [-0.1, -0.05) is 51.7 Å². The van der Waals surface area contributed by atoms with E-state index in [2.05, 4.69) is 13.8 Å². The van der Waals surface area contributed by atoms with Crippen molar-refractivity contribution in [3.05, 3.63) is 29.8 Å². The topological polar surface area (TPSA) is 40.5 Å². The van der Waals surface area contributed by atoms with Gasteiger partial charge in [0.15, 0.2) is 0 Å². The number of benzene rings is 1. The molecule has 1 fully saturated rings. The zero-order valence-electron chi connectivity index (χ0n) is 12.1. The van der Waals surface area contributed by atoms with Gasteiger partial charge in [0.25, 0.3) is 0 Å². The van der Waals surface area contributed by atoms with E-state index in [1.165, 1.54) is 25.7 Å². The van der Waals surface area contributed by atoms with Crippen LogP contribution in [-0.2, 0) is 5.60 Å². The fourth-order valence-electron chi connectivity index (χ4n) is 3.85. The van der Waals surface area contributed by atoms with Crippen LogP contribution in [0.3, 0.4) is 0 Å². The average molecular weight is 262 g/mol. The lowest BCUT2D eigenvalue weighted by Gasteiger charge is -2.39. The van der Waals surface area contributed by atoms with Crippen LogP contribution < -0.4 is 0 Å². The van der Waals surface area contributed by atoms with Crippen LogP contribution in [0, 0.1) is 11.8 Å². The highest BCUT2D eigenvalue weighted by Gasteiger charge is 2.40. The molecule has 1 saturated carbocycles. The Bertz CT molecular complexity index is 392. The first kappa shape index (κ1) is 14.4. The van der Waals surface area contributed by atoms with Crippen LogP contribution in [0.1, 0.15) is 57.9 Å². The molecular formula is C17H26O2. The van der Waals surface area contributed by atoms with Gasteiger partial charge in [-0.2, -0.15) is 0 Å². The van der Waals surface area contributed by atoms with Gasteiger partial charge in [-0.05, 0) is 42.4 Å². The van der Waals surface area contributed by atoms with E-state index in [-0.39, 0.29) is 5.75 Å². The molecule has 2 unspecified atom stereocenters. The summed E-state index contributed by atoms with van der Waals surface area (Å²) < 4.78 is 0. The SMILES string of the molecule is CCC(C1CCCC1)C(O)(CC)c1ccc(O)cc1. The number of phenols is 1. The van der Waals surface area contributed by atoms with Gasteiger partial charge in [-0.15, -0.1) is 0 Å². The maximum atomic E-state index is 11.2. The van der Waals surface area contributed by atoms with Crippen LogP contribution in [0.5, 0.6) is 5.75 Å². The number of hydrogen-bond acceptors (Lipinski definition) is 2. The molecule has 2 heteroatoms. The molecule has 0 bridgehead atoms. The molecule has 0 aromatic heterocycles. The second kappa shape index (κ2) is 5.96. The van der Waals surface area contributed by atoms with Gasteiger partial charge in [0.2, 0.25) is 0 Å². The molecular weight excluding hydrogens is 236 g/mol. The van der Waals surface area contributed by atoms with Crippen LogP contribution in [0.25, 0.3) is 0 Å². The number of rotatable bonds is 5. The lowest BCUT2D eigenvalue weighted by molar-refractivity contribution is -0.0532. The van der Waals surface area contributed by atoms with Crippen LogP contribution in [0.4, 0.5) is 0 Å². The Hall–Kier alpha value is -1.02. The van der Waals surface area contributed by atoms with E-state index >= 15 is 0 Å². The fraction of sp³-hybridized carbons (Fsp3) is 0.647. The molecule has 2 rings (SSSR count). The molecule has 0 saturated heterocycles. The van der Waals surface area contributed by atoms with Crippen molar-refractivity contribution in [3.63, 3.8) is 0 Å². The van der Waals surface area contributed by atoms with Crippen LogP contribution in [0.2, 0.25) is 0 Å². The van der Waals surface area contributed by atoms with Gasteiger partial charge in [0.1, 0.15) is 5.75 Å². The van der Waals surface area contributed by atoms with Crippen molar-refractivity contribution in [1.29, 1.82) is 0 Å². The van der Waals surface area contributed by atoms with E-state index in [0.717, 1.165) is 18.4 Å². The lowest BCUT2D eigenvalue weighted by atomic mass is 9.71. The summed E-state index contributed by atoms with van der Waals surface area (Å²) in [6, 6.07) is 7.10. The maximum Gasteiger partial charge on any atom is 0.115 e. The Kier molecular flexibility index (Phi) is 4.51. The fourth-order valence-corrected chi connectivity index (χ4v) is 3.85. The maximum absolute atomic E-state index is 11.2. The van der Waals surface area contributed by atoms with Gasteiger partial charge in [0.05, 0.1) is 5.60 Å². The molecule has 0 amide bonds. The van der Waals surface area contributed by atoms with E-state index < -0.39 is 5.60 Å². The van der Waals surface area contributed by atoms with Gasteiger partial charge in [-0.25, -0.2) is 0 Å². The number of phenolic OH excluding ortho intramolecular Hbond substituents is 1. The van der Waals surface area contributed by atoms with Gasteiger partial charge < -0.3 is 10.2 Å². The highest BCUT2D eigenvalue weighted by molar-refractivity contribution is 5.30. The molecule has 0 spiro atoms. The summed E-state index contributed by atoms with van der Waals surface area (Å²) in [5, 5.41) is 20.6. The largest absolute Gasteiger partial charge is 0.508 e. The molecule has 0 heterocycles. The lowest BCUT2D eigenvalue weighted by Crippen LogP contribution is -2.38. The minimum atomic E-state index is -0.753. The van der Waals surface area contributed by atoms with Crippen LogP contribution in [0.15, 0.2) is 24.3 Å². The monoisotopic (exact) mass is 262 g/mol. The number of aromatic hydroxyl groups is 1. The second-order valence-corrected chi connectivity index (χ2v) is 5.88. The summed E-state index contributed by atoms with van der Waals surface area (Å²) in [6.07, 6.45) is 6.84. The molecule has 1 aliphatic rings. The van der Waals surface area contributed by atoms with E-state index in [4.69, 9.17) is 0 Å². The first-order valence-electron chi connectivity index (χ1n) is 7.63. The highest BCUT2D eigenvalue weighted by Crippen LogP contribution is 2.45. The zero-order chi connectivity index (χ0) is 13.9. The average Bonchev–Trinajstić information content (AvgIpc) is 2.94. The van der Waals surface area contributed by atoms with Crippen LogP contribution >= 0.6 is 0 Å². The second-order valence-electron chi connectivity index (χ2n) is 5.88. The van der Waals surface area contributed by atoms with Gasteiger partial charge in [-0.3, -0.25) is 0 Å². The Balaban J connectivity index is 2.30. The summed E-state index contributed by atoms with van der Waals surface area (Å²) in [6.45, 7) is 4.24. The predicted octanol–water partition coefficient (Wildman–Crippen LogP) is 4.21. The Morgan fingerprint density at radius 2 is 1.74 bits per heavy atom. The molecule has 0 radical (unpaired) electrons. The number of aliphatic hydroxyl groups is 1. The van der Waals surface area contributed by atoms with E-state index in [9.17, 15) is 10.2 Å². The standard InChI is InChI=1S/C17H26O2/c1-3-16(13-7-5-6-8-13)17(19,4-2)14-9-11-15(18)12-10-14/h9-13,16,18-19H,3-8H2,1-2H3. The predicted molar refractivity (Wildman–Crippen MR) is 78.0 cm³/mol. The molecule has 2 atom stereocenters. The van der Waals surface area contributed by atoms with Crippen LogP contribution in [-0.4, -0.2) is 10.2 Å². The summed E-state index contributed by atoms with van der Waals surface area (Å²) >= 11 is 0. The third-order valence-electron chi connectivity index (χ3n) is 4.93. The van der Waals surface area contributed by atoms with Crippen molar-refractivity contribution in [2.75, 3.05) is 0 Å². The first-order chi connectivity index (χ1) is 9.11. The van der Waals surface area contributed by atoms with E-state index in [1.807, 2.05) is 12.1 Å². The van der Waals surface area contributed by atoms with Crippen molar-refractivity contribution >= 4 is 0 Å². The molecule has 2 nitrogen and oxygen atoms in total. The van der Waals surface area contributed by atoms with Gasteiger partial charge in [0, 0.05) is 0 Å². The van der Waals surface area contributed by atoms with Crippen molar-refractivity contribution in [2.45, 2.75) is 58.0 Å². The zero-order valence-corrected chi connectivity index (χ0v) is 12.1. The normalized spacial score (nSPS) is 21.2. The smallest absolute Gasteiger partial charge is 0.115 e. The van der Waals surface area contributed by atoms with Crippen molar-refractivity contribution in [1.82, 2.24) is 0 Å². The van der Waals surface area contributed by atoms with Gasteiger partial charge >= 0.3 is 0 Å². The summed E-state index contributed by atoms with van der Waals surface area (Å²) in [7, 11) is 0. The van der Waals surface area contributed by atoms with E-state index in [1.54, 1.807) is 12.1 Å². The Labute approximate surface area is 116 Å². The van der Waals surface area contributed by atoms with Crippen molar-refractivity contribution in [3.8, 4) is 5.75 Å². The summed E-state index contributed by atoms with van der Waals surface area (Å²) in [4.78, 5) is 0. The first-order valence-corrected chi connectivity index (χ1v) is 7.63.